The van der Waals surface area contributed by atoms with E-state index in [2.05, 4.69) is 34.4 Å². The minimum absolute atomic E-state index is 0.699. The SMILES string of the molecule is CN1C2CCCC1CC(NCc1ccncc1)C2. The maximum Gasteiger partial charge on any atom is 0.0271 e. The molecule has 2 saturated heterocycles. The van der Waals surface area contributed by atoms with Gasteiger partial charge in [-0.15, -0.1) is 0 Å². The highest BCUT2D eigenvalue weighted by Crippen LogP contribution is 2.32. The Morgan fingerprint density at radius 2 is 1.89 bits per heavy atom. The molecule has 2 unspecified atom stereocenters. The Morgan fingerprint density at radius 1 is 1.22 bits per heavy atom. The van der Waals surface area contributed by atoms with Crippen molar-refractivity contribution >= 4 is 0 Å². The summed E-state index contributed by atoms with van der Waals surface area (Å²) < 4.78 is 0. The number of hydrogen-bond donors (Lipinski definition) is 1. The zero-order valence-electron chi connectivity index (χ0n) is 11.2. The lowest BCUT2D eigenvalue weighted by Gasteiger charge is -2.47. The Morgan fingerprint density at radius 3 is 2.56 bits per heavy atom. The van der Waals surface area contributed by atoms with E-state index in [4.69, 9.17) is 0 Å². The molecule has 2 bridgehead atoms. The molecular weight excluding hydrogens is 222 g/mol. The van der Waals surface area contributed by atoms with Gasteiger partial charge in [-0.05, 0) is 50.4 Å². The van der Waals surface area contributed by atoms with Crippen LogP contribution in [0.1, 0.15) is 37.7 Å². The Bertz CT molecular complexity index is 365. The van der Waals surface area contributed by atoms with Crippen molar-refractivity contribution in [2.24, 2.45) is 0 Å². The van der Waals surface area contributed by atoms with Crippen molar-refractivity contribution in [2.75, 3.05) is 7.05 Å². The molecule has 18 heavy (non-hydrogen) atoms. The number of pyridine rings is 1. The van der Waals surface area contributed by atoms with Gasteiger partial charge in [0, 0.05) is 37.1 Å². The van der Waals surface area contributed by atoms with Gasteiger partial charge < -0.3 is 10.2 Å². The number of rotatable bonds is 3. The molecule has 2 atom stereocenters. The molecule has 0 aliphatic carbocycles. The fourth-order valence-corrected chi connectivity index (χ4v) is 3.55. The van der Waals surface area contributed by atoms with Gasteiger partial charge >= 0.3 is 0 Å². The smallest absolute Gasteiger partial charge is 0.0271 e. The Labute approximate surface area is 110 Å². The molecular formula is C15H23N3. The van der Waals surface area contributed by atoms with Crippen molar-refractivity contribution in [2.45, 2.75) is 56.8 Å². The lowest BCUT2D eigenvalue weighted by atomic mass is 9.82. The number of hydrogen-bond acceptors (Lipinski definition) is 3. The molecule has 3 heterocycles. The molecule has 0 amide bonds. The van der Waals surface area contributed by atoms with Crippen LogP contribution in [0.3, 0.4) is 0 Å². The summed E-state index contributed by atoms with van der Waals surface area (Å²) in [7, 11) is 2.31. The average molecular weight is 245 g/mol. The van der Waals surface area contributed by atoms with Crippen LogP contribution in [-0.4, -0.2) is 35.1 Å². The zero-order valence-corrected chi connectivity index (χ0v) is 11.2. The molecule has 0 spiro atoms. The average Bonchev–Trinajstić information content (AvgIpc) is 2.38. The minimum atomic E-state index is 0.699. The van der Waals surface area contributed by atoms with Crippen LogP contribution in [0, 0.1) is 0 Å². The van der Waals surface area contributed by atoms with Gasteiger partial charge in [0.2, 0.25) is 0 Å². The van der Waals surface area contributed by atoms with Crippen LogP contribution < -0.4 is 5.32 Å². The van der Waals surface area contributed by atoms with E-state index in [1.807, 2.05) is 12.4 Å². The van der Waals surface area contributed by atoms with E-state index in [9.17, 15) is 0 Å². The summed E-state index contributed by atoms with van der Waals surface area (Å²) in [5.74, 6) is 0. The maximum absolute atomic E-state index is 4.06. The van der Waals surface area contributed by atoms with Crippen molar-refractivity contribution in [3.8, 4) is 0 Å². The summed E-state index contributed by atoms with van der Waals surface area (Å²) in [6.45, 7) is 0.982. The molecule has 2 fully saturated rings. The quantitative estimate of drug-likeness (QED) is 0.885. The predicted molar refractivity (Wildman–Crippen MR) is 73.3 cm³/mol. The molecule has 3 nitrogen and oxygen atoms in total. The van der Waals surface area contributed by atoms with Crippen LogP contribution in [0.2, 0.25) is 0 Å². The number of piperidine rings is 2. The molecule has 2 aliphatic rings. The normalized spacial score (nSPS) is 32.4. The van der Waals surface area contributed by atoms with Crippen molar-refractivity contribution < 1.29 is 0 Å². The van der Waals surface area contributed by atoms with Gasteiger partial charge in [0.05, 0.1) is 0 Å². The number of nitrogens with zero attached hydrogens (tertiary/aromatic N) is 2. The van der Waals surface area contributed by atoms with Crippen LogP contribution in [0.5, 0.6) is 0 Å². The second-order valence-corrected chi connectivity index (χ2v) is 5.81. The van der Waals surface area contributed by atoms with E-state index in [1.165, 1.54) is 37.7 Å². The molecule has 98 valence electrons. The summed E-state index contributed by atoms with van der Waals surface area (Å²) in [6.07, 6.45) is 10.6. The molecule has 3 rings (SSSR count). The molecule has 0 aromatic carbocycles. The lowest BCUT2D eigenvalue weighted by molar-refractivity contribution is 0.0482. The number of fused-ring (bicyclic) bond motifs is 2. The Hall–Kier alpha value is -0.930. The van der Waals surface area contributed by atoms with E-state index in [1.54, 1.807) is 0 Å². The van der Waals surface area contributed by atoms with E-state index in [-0.39, 0.29) is 0 Å². The second-order valence-electron chi connectivity index (χ2n) is 5.81. The second kappa shape index (κ2) is 5.37. The number of aromatic nitrogens is 1. The summed E-state index contributed by atoms with van der Waals surface area (Å²) in [4.78, 5) is 6.68. The first-order chi connectivity index (χ1) is 8.83. The standard InChI is InChI=1S/C15H23N3/c1-18-14-3-2-4-15(18)10-13(9-14)17-11-12-5-7-16-8-6-12/h5-8,13-15,17H,2-4,9-11H2,1H3. The van der Waals surface area contributed by atoms with Crippen LogP contribution in [0.15, 0.2) is 24.5 Å². The molecule has 2 aliphatic heterocycles. The Balaban J connectivity index is 1.55. The van der Waals surface area contributed by atoms with Crippen LogP contribution >= 0.6 is 0 Å². The van der Waals surface area contributed by atoms with Crippen LogP contribution in [-0.2, 0) is 6.54 Å². The van der Waals surface area contributed by atoms with Gasteiger partial charge in [-0.25, -0.2) is 0 Å². The van der Waals surface area contributed by atoms with Crippen molar-refractivity contribution in [3.63, 3.8) is 0 Å². The van der Waals surface area contributed by atoms with Crippen molar-refractivity contribution in [1.82, 2.24) is 15.2 Å². The summed E-state index contributed by atoms with van der Waals surface area (Å²) in [5.41, 5.74) is 1.34. The summed E-state index contributed by atoms with van der Waals surface area (Å²) in [5, 5.41) is 3.73. The third-order valence-electron chi connectivity index (χ3n) is 4.68. The monoisotopic (exact) mass is 245 g/mol. The van der Waals surface area contributed by atoms with E-state index >= 15 is 0 Å². The maximum atomic E-state index is 4.06. The van der Waals surface area contributed by atoms with Gasteiger partial charge in [0.25, 0.3) is 0 Å². The summed E-state index contributed by atoms with van der Waals surface area (Å²) >= 11 is 0. The first-order valence-electron chi connectivity index (χ1n) is 7.17. The largest absolute Gasteiger partial charge is 0.310 e. The molecule has 1 aromatic heterocycles. The number of nitrogens with one attached hydrogen (secondary N) is 1. The topological polar surface area (TPSA) is 28.2 Å². The fraction of sp³-hybridized carbons (Fsp3) is 0.667. The molecule has 0 radical (unpaired) electrons. The molecule has 3 heteroatoms. The Kier molecular flexibility index (Phi) is 3.62. The third-order valence-corrected chi connectivity index (χ3v) is 4.68. The van der Waals surface area contributed by atoms with E-state index in [0.717, 1.165) is 18.6 Å². The minimum Gasteiger partial charge on any atom is -0.310 e. The predicted octanol–water partition coefficient (Wildman–Crippen LogP) is 2.19. The third kappa shape index (κ3) is 2.57. The molecule has 1 N–H and O–H groups in total. The highest BCUT2D eigenvalue weighted by Gasteiger charge is 2.35. The molecule has 0 saturated carbocycles. The fourth-order valence-electron chi connectivity index (χ4n) is 3.55. The van der Waals surface area contributed by atoms with Crippen molar-refractivity contribution in [1.29, 1.82) is 0 Å². The van der Waals surface area contributed by atoms with Crippen molar-refractivity contribution in [3.05, 3.63) is 30.1 Å². The summed E-state index contributed by atoms with van der Waals surface area (Å²) in [6, 6.07) is 6.52. The van der Waals surface area contributed by atoms with Gasteiger partial charge in [-0.3, -0.25) is 4.98 Å². The van der Waals surface area contributed by atoms with E-state index < -0.39 is 0 Å². The lowest BCUT2D eigenvalue weighted by Crippen LogP contribution is -2.54. The first-order valence-corrected chi connectivity index (χ1v) is 7.17. The zero-order chi connectivity index (χ0) is 12.4. The van der Waals surface area contributed by atoms with Gasteiger partial charge in [0.1, 0.15) is 0 Å². The van der Waals surface area contributed by atoms with Gasteiger partial charge in [-0.2, -0.15) is 0 Å². The van der Waals surface area contributed by atoms with Gasteiger partial charge in [0.15, 0.2) is 0 Å². The van der Waals surface area contributed by atoms with E-state index in [0.29, 0.717) is 6.04 Å². The molecule has 1 aromatic rings. The van der Waals surface area contributed by atoms with Crippen LogP contribution in [0.4, 0.5) is 0 Å². The van der Waals surface area contributed by atoms with Crippen LogP contribution in [0.25, 0.3) is 0 Å². The highest BCUT2D eigenvalue weighted by atomic mass is 15.2. The van der Waals surface area contributed by atoms with Gasteiger partial charge in [-0.1, -0.05) is 6.42 Å². The first kappa shape index (κ1) is 12.1. The highest BCUT2D eigenvalue weighted by molar-refractivity contribution is 5.09.